The molecule has 0 spiro atoms. The quantitative estimate of drug-likeness (QED) is 0.321. The van der Waals surface area contributed by atoms with Crippen molar-refractivity contribution in [3.05, 3.63) is 83.6 Å². The molecular formula is C31H35N5O. The van der Waals surface area contributed by atoms with Crippen molar-refractivity contribution in [2.45, 2.75) is 45.6 Å². The summed E-state index contributed by atoms with van der Waals surface area (Å²) < 4.78 is 0. The van der Waals surface area contributed by atoms with Crippen molar-refractivity contribution in [1.29, 1.82) is 0 Å². The minimum Gasteiger partial charge on any atom is -0.351 e. The van der Waals surface area contributed by atoms with Gasteiger partial charge in [-0.1, -0.05) is 38.1 Å². The number of benzene rings is 3. The number of carbonyl (C=O) groups is 1. The van der Waals surface area contributed by atoms with Crippen LogP contribution in [-0.4, -0.2) is 47.0 Å². The molecule has 0 unspecified atom stereocenters. The number of aromatic nitrogens is 2. The Balaban J connectivity index is 1.34. The number of carbonyl (C=O) groups excluding carboxylic acids is 1. The fourth-order valence-electron chi connectivity index (χ4n) is 4.83. The number of hydrogen-bond acceptors (Lipinski definition) is 5. The van der Waals surface area contributed by atoms with Gasteiger partial charge in [-0.25, -0.2) is 9.97 Å². The molecule has 6 nitrogen and oxygen atoms in total. The molecule has 0 radical (unpaired) electrons. The number of aryl methyl sites for hydroxylation is 1. The second kappa shape index (κ2) is 10.7. The van der Waals surface area contributed by atoms with E-state index in [4.69, 9.17) is 4.98 Å². The molecule has 3 aromatic carbocycles. The zero-order valence-corrected chi connectivity index (χ0v) is 22.1. The molecule has 190 valence electrons. The van der Waals surface area contributed by atoms with E-state index >= 15 is 0 Å². The van der Waals surface area contributed by atoms with Crippen LogP contribution in [0.4, 0.5) is 11.6 Å². The van der Waals surface area contributed by atoms with Crippen molar-refractivity contribution in [2.75, 3.05) is 30.8 Å². The van der Waals surface area contributed by atoms with Gasteiger partial charge in [0.15, 0.2) is 0 Å². The molecule has 2 N–H and O–H groups in total. The van der Waals surface area contributed by atoms with Gasteiger partial charge in [-0.05, 0) is 104 Å². The Bertz CT molecular complexity index is 1410. The molecular weight excluding hydrogens is 458 g/mol. The van der Waals surface area contributed by atoms with Crippen LogP contribution in [0.1, 0.15) is 54.1 Å². The van der Waals surface area contributed by atoms with E-state index in [1.54, 1.807) is 0 Å². The Morgan fingerprint density at radius 2 is 1.76 bits per heavy atom. The van der Waals surface area contributed by atoms with E-state index in [-0.39, 0.29) is 5.91 Å². The summed E-state index contributed by atoms with van der Waals surface area (Å²) >= 11 is 0. The van der Waals surface area contributed by atoms with Gasteiger partial charge >= 0.3 is 0 Å². The van der Waals surface area contributed by atoms with Crippen molar-refractivity contribution >= 4 is 28.4 Å². The van der Waals surface area contributed by atoms with Crippen LogP contribution < -0.4 is 10.6 Å². The third-order valence-corrected chi connectivity index (χ3v) is 7.28. The number of nitrogens with one attached hydrogen (secondary N) is 2. The normalized spacial score (nSPS) is 14.7. The van der Waals surface area contributed by atoms with Gasteiger partial charge in [-0.3, -0.25) is 4.79 Å². The Hall–Kier alpha value is -3.77. The molecule has 4 aromatic rings. The first-order valence-electron chi connectivity index (χ1n) is 13.1. The standard InChI is InChI=1S/C31H35N5O/c1-20(2)22-7-10-26(11-8-22)33-30(37)24-6-5-21(3)28(18-24)23-9-12-29-25(17-23)19-32-31(35-29)34-27-13-15-36(4)16-14-27/h5-12,17-20,27H,13-16H2,1-4H3,(H,33,37)(H,32,34,35). The molecule has 0 bridgehead atoms. The number of anilines is 2. The second-order valence-electron chi connectivity index (χ2n) is 10.4. The monoisotopic (exact) mass is 493 g/mol. The third kappa shape index (κ3) is 5.81. The van der Waals surface area contributed by atoms with Gasteiger partial charge in [-0.15, -0.1) is 0 Å². The predicted octanol–water partition coefficient (Wildman–Crippen LogP) is 6.49. The maximum absolute atomic E-state index is 13.0. The SMILES string of the molecule is Cc1ccc(C(=O)Nc2ccc(C(C)C)cc2)cc1-c1ccc2nc(NC3CCN(C)CC3)ncc2c1. The van der Waals surface area contributed by atoms with Crippen LogP contribution in [0.2, 0.25) is 0 Å². The molecule has 2 heterocycles. The lowest BCUT2D eigenvalue weighted by molar-refractivity contribution is 0.102. The number of nitrogens with zero attached hydrogens (tertiary/aromatic N) is 3. The molecule has 6 heteroatoms. The molecule has 5 rings (SSSR count). The fourth-order valence-corrected chi connectivity index (χ4v) is 4.83. The van der Waals surface area contributed by atoms with E-state index in [0.29, 0.717) is 23.5 Å². The third-order valence-electron chi connectivity index (χ3n) is 7.28. The summed E-state index contributed by atoms with van der Waals surface area (Å²) in [6.07, 6.45) is 4.09. The lowest BCUT2D eigenvalue weighted by Gasteiger charge is -2.29. The van der Waals surface area contributed by atoms with Gasteiger partial charge in [0.25, 0.3) is 5.91 Å². The van der Waals surface area contributed by atoms with Crippen LogP contribution in [-0.2, 0) is 0 Å². The minimum atomic E-state index is -0.118. The lowest BCUT2D eigenvalue weighted by Crippen LogP contribution is -2.37. The van der Waals surface area contributed by atoms with Crippen molar-refractivity contribution in [3.63, 3.8) is 0 Å². The Morgan fingerprint density at radius 3 is 2.49 bits per heavy atom. The molecule has 0 saturated carbocycles. The van der Waals surface area contributed by atoms with Crippen molar-refractivity contribution < 1.29 is 4.79 Å². The number of rotatable bonds is 6. The van der Waals surface area contributed by atoms with Crippen molar-refractivity contribution in [3.8, 4) is 11.1 Å². The first-order chi connectivity index (χ1) is 17.9. The molecule has 37 heavy (non-hydrogen) atoms. The summed E-state index contributed by atoms with van der Waals surface area (Å²) in [4.78, 5) is 24.7. The number of likely N-dealkylation sites (tertiary alicyclic amines) is 1. The first kappa shape index (κ1) is 24.9. The number of piperidine rings is 1. The Labute approximate surface area is 219 Å². The molecule has 1 aliphatic rings. The van der Waals surface area contributed by atoms with Gasteiger partial charge in [0, 0.05) is 28.9 Å². The Kier molecular flexibility index (Phi) is 7.19. The van der Waals surface area contributed by atoms with E-state index in [9.17, 15) is 4.79 Å². The zero-order chi connectivity index (χ0) is 25.9. The van der Waals surface area contributed by atoms with Crippen LogP contribution in [0, 0.1) is 6.92 Å². The molecule has 1 saturated heterocycles. The highest BCUT2D eigenvalue weighted by atomic mass is 16.1. The summed E-state index contributed by atoms with van der Waals surface area (Å²) in [6.45, 7) is 8.57. The highest BCUT2D eigenvalue weighted by Gasteiger charge is 2.17. The molecule has 0 aliphatic carbocycles. The van der Waals surface area contributed by atoms with E-state index in [1.165, 1.54) is 5.56 Å². The molecule has 1 aliphatic heterocycles. The second-order valence-corrected chi connectivity index (χ2v) is 10.4. The largest absolute Gasteiger partial charge is 0.351 e. The average Bonchev–Trinajstić information content (AvgIpc) is 2.90. The summed E-state index contributed by atoms with van der Waals surface area (Å²) in [6, 6.07) is 20.5. The smallest absolute Gasteiger partial charge is 0.255 e. The Morgan fingerprint density at radius 1 is 1.00 bits per heavy atom. The van der Waals surface area contributed by atoms with E-state index in [0.717, 1.165) is 59.2 Å². The summed E-state index contributed by atoms with van der Waals surface area (Å²) in [5, 5.41) is 7.51. The number of amides is 1. The van der Waals surface area contributed by atoms with Gasteiger partial charge in [0.05, 0.1) is 5.52 Å². The molecule has 1 amide bonds. The van der Waals surface area contributed by atoms with Crippen molar-refractivity contribution in [1.82, 2.24) is 14.9 Å². The van der Waals surface area contributed by atoms with Gasteiger partial charge < -0.3 is 15.5 Å². The maximum atomic E-state index is 13.0. The summed E-state index contributed by atoms with van der Waals surface area (Å²) in [5.74, 6) is 1.03. The van der Waals surface area contributed by atoms with Gasteiger partial charge in [0.2, 0.25) is 5.95 Å². The van der Waals surface area contributed by atoms with Gasteiger partial charge in [0.1, 0.15) is 0 Å². The minimum absolute atomic E-state index is 0.118. The van der Waals surface area contributed by atoms with Crippen LogP contribution in [0.3, 0.4) is 0 Å². The molecule has 1 fully saturated rings. The first-order valence-corrected chi connectivity index (χ1v) is 13.1. The number of fused-ring (bicyclic) bond motifs is 1. The number of hydrogen-bond donors (Lipinski definition) is 2. The van der Waals surface area contributed by atoms with Crippen LogP contribution in [0.15, 0.2) is 66.9 Å². The van der Waals surface area contributed by atoms with E-state index in [2.05, 4.69) is 72.6 Å². The average molecular weight is 494 g/mol. The fraction of sp³-hybridized carbons (Fsp3) is 0.323. The van der Waals surface area contributed by atoms with Gasteiger partial charge in [-0.2, -0.15) is 0 Å². The molecule has 1 aromatic heterocycles. The lowest BCUT2D eigenvalue weighted by atomic mass is 9.97. The van der Waals surface area contributed by atoms with Crippen LogP contribution >= 0.6 is 0 Å². The molecule has 0 atom stereocenters. The van der Waals surface area contributed by atoms with Crippen LogP contribution in [0.25, 0.3) is 22.0 Å². The van der Waals surface area contributed by atoms with E-state index in [1.807, 2.05) is 42.6 Å². The zero-order valence-electron chi connectivity index (χ0n) is 22.1. The predicted molar refractivity (Wildman–Crippen MR) is 152 cm³/mol. The highest BCUT2D eigenvalue weighted by molar-refractivity contribution is 6.05. The summed E-state index contributed by atoms with van der Waals surface area (Å²) in [7, 11) is 2.16. The topological polar surface area (TPSA) is 70.2 Å². The maximum Gasteiger partial charge on any atom is 0.255 e. The summed E-state index contributed by atoms with van der Waals surface area (Å²) in [5.41, 5.74) is 6.76. The highest BCUT2D eigenvalue weighted by Crippen LogP contribution is 2.28. The van der Waals surface area contributed by atoms with Crippen LogP contribution in [0.5, 0.6) is 0 Å². The van der Waals surface area contributed by atoms with E-state index < -0.39 is 0 Å². The van der Waals surface area contributed by atoms with Crippen molar-refractivity contribution in [2.24, 2.45) is 0 Å².